The van der Waals surface area contributed by atoms with Gasteiger partial charge in [0.05, 0.1) is 12.8 Å². The summed E-state index contributed by atoms with van der Waals surface area (Å²) < 4.78 is 5.55. The van der Waals surface area contributed by atoms with Crippen molar-refractivity contribution in [2.24, 2.45) is 0 Å². The lowest BCUT2D eigenvalue weighted by Crippen LogP contribution is -2.64. The average molecular weight is 416 g/mol. The van der Waals surface area contributed by atoms with Gasteiger partial charge in [-0.3, -0.25) is 14.4 Å². The molecule has 3 aliphatic rings. The van der Waals surface area contributed by atoms with Crippen LogP contribution in [-0.4, -0.2) is 40.2 Å². The van der Waals surface area contributed by atoms with Crippen LogP contribution >= 0.6 is 0 Å². The monoisotopic (exact) mass is 415 g/mol. The molecular weight excluding hydrogens is 382 g/mol. The molecule has 2 saturated carbocycles. The quantitative estimate of drug-likeness (QED) is 0.747. The zero-order valence-electron chi connectivity index (χ0n) is 17.7. The predicted octanol–water partition coefficient (Wildman–Crippen LogP) is 3.04. The molecule has 2 aliphatic carbocycles. The summed E-state index contributed by atoms with van der Waals surface area (Å²) in [5.41, 5.74) is -0.882. The SMILES string of the molecule is O=C1CC[C@@H](C(=O)N(Cc2ccco2)C2(C(=O)NC3CCCCC3)CCCCC2)N1. The molecule has 1 aromatic rings. The Balaban J connectivity index is 1.62. The number of rotatable bonds is 6. The Morgan fingerprint density at radius 2 is 1.83 bits per heavy atom. The standard InChI is InChI=1S/C23H33N3O4/c27-20-12-11-19(25-20)21(28)26(16-18-10-7-15-30-18)23(13-5-2-6-14-23)22(29)24-17-8-3-1-4-9-17/h7,10,15,17,19H,1-6,8-9,11-14,16H2,(H,24,29)(H,25,27)/t19-/m0/s1. The maximum absolute atomic E-state index is 13.7. The summed E-state index contributed by atoms with van der Waals surface area (Å²) in [6, 6.07) is 3.26. The van der Waals surface area contributed by atoms with Crippen molar-refractivity contribution in [3.8, 4) is 0 Å². The summed E-state index contributed by atoms with van der Waals surface area (Å²) in [4.78, 5) is 40.8. The third-order valence-corrected chi connectivity index (χ3v) is 7.01. The molecule has 3 amide bonds. The van der Waals surface area contributed by atoms with Crippen LogP contribution in [0.4, 0.5) is 0 Å². The Labute approximate surface area is 177 Å². The Kier molecular flexibility index (Phi) is 6.44. The fraction of sp³-hybridized carbons (Fsp3) is 0.696. The van der Waals surface area contributed by atoms with Gasteiger partial charge in [0.2, 0.25) is 17.7 Å². The summed E-state index contributed by atoms with van der Waals surface area (Å²) >= 11 is 0. The first-order valence-electron chi connectivity index (χ1n) is 11.5. The molecule has 0 spiro atoms. The minimum absolute atomic E-state index is 0.0293. The highest BCUT2D eigenvalue weighted by Crippen LogP contribution is 2.37. The third-order valence-electron chi connectivity index (χ3n) is 7.01. The molecule has 1 atom stereocenters. The summed E-state index contributed by atoms with van der Waals surface area (Å²) in [7, 11) is 0. The molecule has 2 N–H and O–H groups in total. The first-order chi connectivity index (χ1) is 14.6. The van der Waals surface area contributed by atoms with Crippen molar-refractivity contribution in [2.45, 2.75) is 101 Å². The summed E-state index contributed by atoms with van der Waals surface area (Å²) in [5.74, 6) is 0.356. The lowest BCUT2D eigenvalue weighted by atomic mass is 9.78. The first kappa shape index (κ1) is 20.9. The van der Waals surface area contributed by atoms with Gasteiger partial charge in [-0.1, -0.05) is 38.5 Å². The molecule has 0 bridgehead atoms. The van der Waals surface area contributed by atoms with E-state index in [0.29, 0.717) is 31.4 Å². The first-order valence-corrected chi connectivity index (χ1v) is 11.5. The molecule has 30 heavy (non-hydrogen) atoms. The molecule has 3 fully saturated rings. The van der Waals surface area contributed by atoms with Gasteiger partial charge in [0.25, 0.3) is 0 Å². The Morgan fingerprint density at radius 3 is 2.47 bits per heavy atom. The van der Waals surface area contributed by atoms with E-state index in [1.54, 1.807) is 17.2 Å². The van der Waals surface area contributed by atoms with Crippen molar-refractivity contribution in [1.82, 2.24) is 15.5 Å². The van der Waals surface area contributed by atoms with Crippen molar-refractivity contribution in [3.63, 3.8) is 0 Å². The van der Waals surface area contributed by atoms with Crippen LogP contribution in [0.5, 0.6) is 0 Å². The number of amides is 3. The summed E-state index contributed by atoms with van der Waals surface area (Å²) in [6.45, 7) is 0.246. The highest BCUT2D eigenvalue weighted by molar-refractivity contribution is 5.96. The fourth-order valence-electron chi connectivity index (χ4n) is 5.31. The molecule has 1 saturated heterocycles. The molecule has 4 rings (SSSR count). The number of nitrogens with one attached hydrogen (secondary N) is 2. The molecule has 0 aromatic carbocycles. The fourth-order valence-corrected chi connectivity index (χ4v) is 5.31. The van der Waals surface area contributed by atoms with E-state index in [1.807, 2.05) is 6.07 Å². The van der Waals surface area contributed by atoms with E-state index in [9.17, 15) is 14.4 Å². The lowest BCUT2D eigenvalue weighted by molar-refractivity contribution is -0.153. The normalized spacial score (nSPS) is 24.3. The van der Waals surface area contributed by atoms with E-state index < -0.39 is 11.6 Å². The lowest BCUT2D eigenvalue weighted by Gasteiger charge is -2.46. The smallest absolute Gasteiger partial charge is 0.246 e. The number of hydrogen-bond donors (Lipinski definition) is 2. The molecule has 2 heterocycles. The third kappa shape index (κ3) is 4.40. The maximum Gasteiger partial charge on any atom is 0.246 e. The predicted molar refractivity (Wildman–Crippen MR) is 111 cm³/mol. The minimum atomic E-state index is -0.882. The molecule has 164 valence electrons. The van der Waals surface area contributed by atoms with Gasteiger partial charge in [0.1, 0.15) is 17.3 Å². The second-order valence-corrected chi connectivity index (χ2v) is 9.06. The van der Waals surface area contributed by atoms with Gasteiger partial charge in [0, 0.05) is 12.5 Å². The number of nitrogens with zero attached hydrogens (tertiary/aromatic N) is 1. The van der Waals surface area contributed by atoms with Gasteiger partial charge in [0.15, 0.2) is 0 Å². The van der Waals surface area contributed by atoms with Crippen LogP contribution < -0.4 is 10.6 Å². The van der Waals surface area contributed by atoms with Gasteiger partial charge in [-0.05, 0) is 44.2 Å². The van der Waals surface area contributed by atoms with Gasteiger partial charge >= 0.3 is 0 Å². The highest BCUT2D eigenvalue weighted by atomic mass is 16.3. The molecular formula is C23H33N3O4. The molecule has 7 nitrogen and oxygen atoms in total. The van der Waals surface area contributed by atoms with Crippen LogP contribution in [0.1, 0.15) is 82.8 Å². The van der Waals surface area contributed by atoms with Gasteiger partial charge in [-0.15, -0.1) is 0 Å². The molecule has 1 aromatic heterocycles. The molecule has 7 heteroatoms. The van der Waals surface area contributed by atoms with Crippen LogP contribution in [0.25, 0.3) is 0 Å². The number of furan rings is 1. The minimum Gasteiger partial charge on any atom is -0.467 e. The van der Waals surface area contributed by atoms with E-state index in [4.69, 9.17) is 4.42 Å². The second-order valence-electron chi connectivity index (χ2n) is 9.06. The van der Waals surface area contributed by atoms with Crippen LogP contribution in [0.2, 0.25) is 0 Å². The van der Waals surface area contributed by atoms with E-state index in [1.165, 1.54) is 6.42 Å². The topological polar surface area (TPSA) is 91.7 Å². The van der Waals surface area contributed by atoms with E-state index in [2.05, 4.69) is 10.6 Å². The van der Waals surface area contributed by atoms with E-state index in [0.717, 1.165) is 44.9 Å². The zero-order valence-corrected chi connectivity index (χ0v) is 17.7. The molecule has 0 unspecified atom stereocenters. The average Bonchev–Trinajstić information content (AvgIpc) is 3.44. The van der Waals surface area contributed by atoms with Crippen LogP contribution in [0.3, 0.4) is 0 Å². The van der Waals surface area contributed by atoms with Crippen molar-refractivity contribution < 1.29 is 18.8 Å². The van der Waals surface area contributed by atoms with E-state index >= 15 is 0 Å². The molecule has 1 aliphatic heterocycles. The van der Waals surface area contributed by atoms with Crippen LogP contribution in [-0.2, 0) is 20.9 Å². The van der Waals surface area contributed by atoms with Crippen molar-refractivity contribution >= 4 is 17.7 Å². The Morgan fingerprint density at radius 1 is 1.10 bits per heavy atom. The number of carbonyl (C=O) groups is 3. The van der Waals surface area contributed by atoms with Crippen LogP contribution in [0.15, 0.2) is 22.8 Å². The van der Waals surface area contributed by atoms with Gasteiger partial charge in [-0.2, -0.15) is 0 Å². The van der Waals surface area contributed by atoms with Crippen molar-refractivity contribution in [3.05, 3.63) is 24.2 Å². The van der Waals surface area contributed by atoms with E-state index in [-0.39, 0.29) is 30.3 Å². The Hall–Kier alpha value is -2.31. The largest absolute Gasteiger partial charge is 0.467 e. The number of carbonyl (C=O) groups excluding carboxylic acids is 3. The maximum atomic E-state index is 13.7. The van der Waals surface area contributed by atoms with Crippen molar-refractivity contribution in [2.75, 3.05) is 0 Å². The summed E-state index contributed by atoms with van der Waals surface area (Å²) in [5, 5.41) is 6.09. The van der Waals surface area contributed by atoms with Gasteiger partial charge < -0.3 is 20.0 Å². The highest BCUT2D eigenvalue weighted by Gasteiger charge is 2.49. The molecule has 0 radical (unpaired) electrons. The second kappa shape index (κ2) is 9.23. The zero-order chi connectivity index (χ0) is 21.0. The Bertz CT molecular complexity index is 749. The van der Waals surface area contributed by atoms with Gasteiger partial charge in [-0.25, -0.2) is 0 Å². The van der Waals surface area contributed by atoms with Crippen LogP contribution in [0, 0.1) is 0 Å². The number of hydrogen-bond acceptors (Lipinski definition) is 4. The summed E-state index contributed by atoms with van der Waals surface area (Å²) in [6.07, 6.45) is 12.1. The van der Waals surface area contributed by atoms with Crippen molar-refractivity contribution in [1.29, 1.82) is 0 Å².